The first-order valence-corrected chi connectivity index (χ1v) is 10.5. The summed E-state index contributed by atoms with van der Waals surface area (Å²) in [4.78, 5) is 1.26. The Bertz CT molecular complexity index is 907. The molecule has 0 radical (unpaired) electrons. The molecule has 0 heterocycles. The minimum atomic E-state index is -0.170. The summed E-state index contributed by atoms with van der Waals surface area (Å²) in [5.41, 5.74) is 7.46. The van der Waals surface area contributed by atoms with Crippen molar-refractivity contribution in [3.8, 4) is 0 Å². The molecule has 0 aliphatic carbocycles. The fourth-order valence-electron chi connectivity index (χ4n) is 3.19. The van der Waals surface area contributed by atoms with Crippen LogP contribution >= 0.6 is 0 Å². The maximum absolute atomic E-state index is 4.97. The first-order chi connectivity index (χ1) is 12.5. The smallest absolute Gasteiger partial charge is 0.0938 e. The van der Waals surface area contributed by atoms with Gasteiger partial charge in [0.1, 0.15) is 0 Å². The van der Waals surface area contributed by atoms with Crippen LogP contribution in [0.3, 0.4) is 0 Å². The Balaban J connectivity index is 1.85. The molecule has 1 N–H and O–H groups in total. The van der Waals surface area contributed by atoms with Crippen LogP contribution in [-0.2, 0) is 17.2 Å². The van der Waals surface area contributed by atoms with E-state index in [-0.39, 0.29) is 10.7 Å². The zero-order valence-electron chi connectivity index (χ0n) is 15.9. The third-order valence-corrected chi connectivity index (χ3v) is 5.94. The average molecular weight is 363 g/mol. The number of benzene rings is 3. The molecular weight excluding hydrogens is 336 g/mol. The number of nitrogens with zero attached hydrogens (tertiary/aromatic N) is 1. The van der Waals surface area contributed by atoms with E-state index in [1.807, 2.05) is 6.07 Å². The first kappa shape index (κ1) is 18.4. The molecule has 1 unspecified atom stereocenters. The van der Waals surface area contributed by atoms with Crippen LogP contribution in [0.1, 0.15) is 22.3 Å². The van der Waals surface area contributed by atoms with Crippen LogP contribution in [0.5, 0.6) is 0 Å². The van der Waals surface area contributed by atoms with E-state index in [9.17, 15) is 0 Å². The van der Waals surface area contributed by atoms with Gasteiger partial charge in [-0.2, -0.15) is 0 Å². The monoisotopic (exact) mass is 362 g/mol. The Morgan fingerprint density at radius 3 is 2.15 bits per heavy atom. The van der Waals surface area contributed by atoms with Crippen molar-refractivity contribution in [2.45, 2.75) is 32.2 Å². The Kier molecular flexibility index (Phi) is 5.89. The highest BCUT2D eigenvalue weighted by Crippen LogP contribution is 2.28. The van der Waals surface area contributed by atoms with Crippen molar-refractivity contribution < 1.29 is 0 Å². The van der Waals surface area contributed by atoms with Crippen molar-refractivity contribution in [2.24, 2.45) is 4.36 Å². The van der Waals surface area contributed by atoms with E-state index in [0.29, 0.717) is 0 Å². The van der Waals surface area contributed by atoms with Crippen LogP contribution in [0, 0.1) is 20.8 Å². The van der Waals surface area contributed by atoms with Crippen molar-refractivity contribution in [1.29, 1.82) is 0 Å². The van der Waals surface area contributed by atoms with Crippen molar-refractivity contribution >= 4 is 22.1 Å². The third kappa shape index (κ3) is 4.41. The SMILES string of the molecule is Cc1cc(C)c(CNc2ccccc2N=S(C)c2ccccc2)c(C)c1. The van der Waals surface area contributed by atoms with Gasteiger partial charge in [0, 0.05) is 11.4 Å². The van der Waals surface area contributed by atoms with Gasteiger partial charge < -0.3 is 5.32 Å². The number of hydrogen-bond acceptors (Lipinski definition) is 2. The van der Waals surface area contributed by atoms with E-state index in [4.69, 9.17) is 4.36 Å². The minimum absolute atomic E-state index is 0.170. The van der Waals surface area contributed by atoms with Crippen LogP contribution in [0.15, 0.2) is 76.0 Å². The van der Waals surface area contributed by atoms with Gasteiger partial charge in [-0.15, -0.1) is 0 Å². The largest absolute Gasteiger partial charge is 0.379 e. The van der Waals surface area contributed by atoms with Crippen LogP contribution in [0.2, 0.25) is 0 Å². The van der Waals surface area contributed by atoms with E-state index in [1.54, 1.807) is 0 Å². The molecule has 3 aromatic carbocycles. The molecule has 0 amide bonds. The van der Waals surface area contributed by atoms with Crippen molar-refractivity contribution in [1.82, 2.24) is 0 Å². The van der Waals surface area contributed by atoms with E-state index in [0.717, 1.165) is 17.9 Å². The van der Waals surface area contributed by atoms with Gasteiger partial charge in [-0.3, -0.25) is 0 Å². The molecular formula is C23H26N2S. The van der Waals surface area contributed by atoms with Crippen molar-refractivity contribution in [3.63, 3.8) is 0 Å². The predicted octanol–water partition coefficient (Wildman–Crippen LogP) is 6.35. The van der Waals surface area contributed by atoms with Crippen LogP contribution < -0.4 is 5.32 Å². The van der Waals surface area contributed by atoms with E-state index < -0.39 is 0 Å². The zero-order valence-corrected chi connectivity index (χ0v) is 16.7. The number of rotatable bonds is 5. The molecule has 26 heavy (non-hydrogen) atoms. The summed E-state index contributed by atoms with van der Waals surface area (Å²) in [5.74, 6) is 0. The number of anilines is 1. The van der Waals surface area contributed by atoms with Gasteiger partial charge in [0.25, 0.3) is 0 Å². The lowest BCUT2D eigenvalue weighted by Gasteiger charge is -2.15. The van der Waals surface area contributed by atoms with E-state index in [2.05, 4.69) is 93.0 Å². The molecule has 0 saturated heterocycles. The fraction of sp³-hybridized carbons (Fsp3) is 0.217. The summed E-state index contributed by atoms with van der Waals surface area (Å²) in [6.07, 6.45) is 2.17. The van der Waals surface area contributed by atoms with E-state index >= 15 is 0 Å². The van der Waals surface area contributed by atoms with E-state index in [1.165, 1.54) is 27.1 Å². The zero-order chi connectivity index (χ0) is 18.5. The average Bonchev–Trinajstić information content (AvgIpc) is 2.63. The number of aryl methyl sites for hydroxylation is 3. The topological polar surface area (TPSA) is 24.4 Å². The summed E-state index contributed by atoms with van der Waals surface area (Å²) < 4.78 is 4.97. The second-order valence-electron chi connectivity index (χ2n) is 6.63. The molecule has 0 spiro atoms. The molecule has 3 aromatic rings. The van der Waals surface area contributed by atoms with Crippen LogP contribution in [-0.4, -0.2) is 6.26 Å². The lowest BCUT2D eigenvalue weighted by molar-refractivity contribution is 1.08. The number of hydrogen-bond donors (Lipinski definition) is 1. The highest BCUT2D eigenvalue weighted by atomic mass is 32.2. The Morgan fingerprint density at radius 2 is 1.46 bits per heavy atom. The molecule has 3 heteroatoms. The molecule has 0 saturated carbocycles. The van der Waals surface area contributed by atoms with Gasteiger partial charge in [0.05, 0.1) is 11.4 Å². The molecule has 0 aliphatic heterocycles. The minimum Gasteiger partial charge on any atom is -0.379 e. The molecule has 0 aliphatic rings. The second-order valence-corrected chi connectivity index (χ2v) is 8.24. The van der Waals surface area contributed by atoms with Gasteiger partial charge in [0.2, 0.25) is 0 Å². The second kappa shape index (κ2) is 8.33. The standard InChI is InChI=1S/C23H26N2S/c1-17-14-18(2)21(19(3)15-17)16-24-22-12-8-9-13-23(22)25-26(4)20-10-6-5-7-11-20/h5-15,24H,16H2,1-4H3. The predicted molar refractivity (Wildman–Crippen MR) is 115 cm³/mol. The Hall–Kier alpha value is -2.39. The normalized spacial score (nSPS) is 12.2. The summed E-state index contributed by atoms with van der Waals surface area (Å²) in [6.45, 7) is 7.34. The van der Waals surface area contributed by atoms with Gasteiger partial charge in [-0.1, -0.05) is 58.7 Å². The highest BCUT2D eigenvalue weighted by molar-refractivity contribution is 7.86. The number of para-hydroxylation sites is 1. The van der Waals surface area contributed by atoms with Crippen LogP contribution in [0.25, 0.3) is 0 Å². The molecule has 134 valence electrons. The third-order valence-electron chi connectivity index (χ3n) is 4.52. The molecule has 1 atom stereocenters. The maximum Gasteiger partial charge on any atom is 0.0938 e. The summed E-state index contributed by atoms with van der Waals surface area (Å²) in [5, 5.41) is 3.60. The quantitative estimate of drug-likeness (QED) is 0.562. The molecule has 2 nitrogen and oxygen atoms in total. The molecule has 0 fully saturated rings. The molecule has 0 aromatic heterocycles. The lowest BCUT2D eigenvalue weighted by Crippen LogP contribution is -2.04. The van der Waals surface area contributed by atoms with Crippen molar-refractivity contribution in [2.75, 3.05) is 11.6 Å². The van der Waals surface area contributed by atoms with Gasteiger partial charge in [-0.25, -0.2) is 4.36 Å². The highest BCUT2D eigenvalue weighted by Gasteiger charge is 2.06. The van der Waals surface area contributed by atoms with Gasteiger partial charge in [-0.05, 0) is 68.0 Å². The Labute approximate surface area is 159 Å². The Morgan fingerprint density at radius 1 is 0.846 bits per heavy atom. The first-order valence-electron chi connectivity index (χ1n) is 8.87. The number of nitrogens with one attached hydrogen (secondary N) is 1. The van der Waals surface area contributed by atoms with Crippen LogP contribution in [0.4, 0.5) is 11.4 Å². The molecule has 0 bridgehead atoms. The van der Waals surface area contributed by atoms with Gasteiger partial charge in [0.15, 0.2) is 0 Å². The maximum atomic E-state index is 4.97. The lowest BCUT2D eigenvalue weighted by atomic mass is 10.00. The van der Waals surface area contributed by atoms with Gasteiger partial charge >= 0.3 is 0 Å². The fourth-order valence-corrected chi connectivity index (χ4v) is 4.30. The summed E-state index contributed by atoms with van der Waals surface area (Å²) in [6, 6.07) is 23.3. The summed E-state index contributed by atoms with van der Waals surface area (Å²) in [7, 11) is -0.170. The molecule has 3 rings (SSSR count). The summed E-state index contributed by atoms with van der Waals surface area (Å²) >= 11 is 0. The van der Waals surface area contributed by atoms with Crippen molar-refractivity contribution in [3.05, 3.63) is 89.0 Å².